The molecule has 0 amide bonds. The quantitative estimate of drug-likeness (QED) is 0.783. The van der Waals surface area contributed by atoms with Gasteiger partial charge in [-0.05, 0) is 26.8 Å². The molecule has 76 valence electrons. The molecule has 0 saturated carbocycles. The van der Waals surface area contributed by atoms with Crippen LogP contribution in [0.5, 0.6) is 5.88 Å². The fraction of sp³-hybridized carbons (Fsp3) is 0.400. The van der Waals surface area contributed by atoms with E-state index in [9.17, 15) is 4.79 Å². The molecule has 0 atom stereocenters. The first-order chi connectivity index (χ1) is 6.38. The topological polar surface area (TPSA) is 59.4 Å². The number of aromatic carboxylic acids is 1. The average Bonchev–Trinajstić information content (AvgIpc) is 2.01. The van der Waals surface area contributed by atoms with Gasteiger partial charge in [0.15, 0.2) is 0 Å². The monoisotopic (exact) mass is 195 g/mol. The maximum Gasteiger partial charge on any atom is 0.335 e. The summed E-state index contributed by atoms with van der Waals surface area (Å²) in [6.45, 7) is 5.63. The molecule has 0 bridgehead atoms. The van der Waals surface area contributed by atoms with Crippen LogP contribution in [-0.4, -0.2) is 21.7 Å². The average molecular weight is 195 g/mol. The Hall–Kier alpha value is -1.58. The predicted molar refractivity (Wildman–Crippen MR) is 51.6 cm³/mol. The van der Waals surface area contributed by atoms with E-state index >= 15 is 0 Å². The standard InChI is InChI=1S/C10H13NO3/c1-10(2,3)14-8-6-7(9(12)13)4-5-11-8/h4-6H,1-3H3,(H,12,13). The minimum absolute atomic E-state index is 0.180. The molecule has 0 aliphatic heterocycles. The Morgan fingerprint density at radius 1 is 1.50 bits per heavy atom. The van der Waals surface area contributed by atoms with Crippen molar-refractivity contribution in [3.8, 4) is 5.88 Å². The van der Waals surface area contributed by atoms with Crippen molar-refractivity contribution in [2.24, 2.45) is 0 Å². The first-order valence-electron chi connectivity index (χ1n) is 4.27. The number of hydrogen-bond donors (Lipinski definition) is 1. The number of pyridine rings is 1. The van der Waals surface area contributed by atoms with E-state index in [1.807, 2.05) is 20.8 Å². The van der Waals surface area contributed by atoms with Crippen LogP contribution in [0, 0.1) is 0 Å². The normalized spacial score (nSPS) is 11.1. The number of ether oxygens (including phenoxy) is 1. The zero-order valence-corrected chi connectivity index (χ0v) is 8.44. The van der Waals surface area contributed by atoms with Gasteiger partial charge >= 0.3 is 5.97 Å². The Labute approximate surface area is 82.5 Å². The summed E-state index contributed by atoms with van der Waals surface area (Å²) >= 11 is 0. The molecule has 0 saturated heterocycles. The molecule has 0 aliphatic rings. The van der Waals surface area contributed by atoms with Crippen LogP contribution in [0.2, 0.25) is 0 Å². The molecule has 0 spiro atoms. The van der Waals surface area contributed by atoms with Crippen molar-refractivity contribution in [2.45, 2.75) is 26.4 Å². The first kappa shape index (κ1) is 10.5. The van der Waals surface area contributed by atoms with Gasteiger partial charge in [0.25, 0.3) is 0 Å². The third-order valence-electron chi connectivity index (χ3n) is 1.39. The van der Waals surface area contributed by atoms with Gasteiger partial charge < -0.3 is 9.84 Å². The highest BCUT2D eigenvalue weighted by Gasteiger charge is 2.13. The molecule has 4 nitrogen and oxygen atoms in total. The second-order valence-electron chi connectivity index (χ2n) is 3.90. The molecule has 1 rings (SSSR count). The molecule has 0 aliphatic carbocycles. The van der Waals surface area contributed by atoms with E-state index in [1.54, 1.807) is 0 Å². The van der Waals surface area contributed by atoms with Gasteiger partial charge in [0.1, 0.15) is 5.60 Å². The lowest BCUT2D eigenvalue weighted by Gasteiger charge is -2.20. The van der Waals surface area contributed by atoms with Gasteiger partial charge in [-0.15, -0.1) is 0 Å². The largest absolute Gasteiger partial charge is 0.478 e. The van der Waals surface area contributed by atoms with Crippen molar-refractivity contribution in [3.05, 3.63) is 23.9 Å². The summed E-state index contributed by atoms with van der Waals surface area (Å²) in [6, 6.07) is 2.84. The lowest BCUT2D eigenvalue weighted by Crippen LogP contribution is -2.23. The minimum atomic E-state index is -0.980. The molecule has 14 heavy (non-hydrogen) atoms. The Bertz CT molecular complexity index is 341. The summed E-state index contributed by atoms with van der Waals surface area (Å²) in [7, 11) is 0. The second-order valence-corrected chi connectivity index (χ2v) is 3.90. The number of carbonyl (C=O) groups is 1. The highest BCUT2D eigenvalue weighted by atomic mass is 16.5. The summed E-state index contributed by atoms with van der Waals surface area (Å²) in [5.74, 6) is -0.649. The molecule has 0 fully saturated rings. The first-order valence-corrected chi connectivity index (χ1v) is 4.27. The van der Waals surface area contributed by atoms with Gasteiger partial charge in [-0.3, -0.25) is 0 Å². The van der Waals surface area contributed by atoms with Crippen LogP contribution >= 0.6 is 0 Å². The molecule has 0 radical (unpaired) electrons. The molecular formula is C10H13NO3. The van der Waals surface area contributed by atoms with Crippen LogP contribution in [0.3, 0.4) is 0 Å². The summed E-state index contributed by atoms with van der Waals surface area (Å²) in [5, 5.41) is 8.72. The summed E-state index contributed by atoms with van der Waals surface area (Å²) in [6.07, 6.45) is 1.42. The third-order valence-corrected chi connectivity index (χ3v) is 1.39. The number of rotatable bonds is 2. The molecule has 1 aromatic rings. The van der Waals surface area contributed by atoms with E-state index in [4.69, 9.17) is 9.84 Å². The van der Waals surface area contributed by atoms with Crippen molar-refractivity contribution in [1.29, 1.82) is 0 Å². The minimum Gasteiger partial charge on any atom is -0.478 e. The highest BCUT2D eigenvalue weighted by molar-refractivity contribution is 5.87. The van der Waals surface area contributed by atoms with Gasteiger partial charge in [0.05, 0.1) is 5.56 Å². The van der Waals surface area contributed by atoms with E-state index < -0.39 is 5.97 Å². The zero-order chi connectivity index (χ0) is 10.8. The van der Waals surface area contributed by atoms with E-state index in [2.05, 4.69) is 4.98 Å². The maximum absolute atomic E-state index is 10.6. The number of carboxylic acid groups (broad SMARTS) is 1. The number of aromatic nitrogens is 1. The van der Waals surface area contributed by atoms with Gasteiger partial charge in [-0.1, -0.05) is 0 Å². The molecule has 0 aromatic carbocycles. The Morgan fingerprint density at radius 2 is 2.14 bits per heavy atom. The Kier molecular flexibility index (Phi) is 2.74. The summed E-state index contributed by atoms with van der Waals surface area (Å²) in [5.41, 5.74) is -0.191. The summed E-state index contributed by atoms with van der Waals surface area (Å²) in [4.78, 5) is 14.6. The number of nitrogens with zero attached hydrogens (tertiary/aromatic N) is 1. The lowest BCUT2D eigenvalue weighted by molar-refractivity contribution is 0.0693. The van der Waals surface area contributed by atoms with Crippen LogP contribution in [-0.2, 0) is 0 Å². The van der Waals surface area contributed by atoms with Crippen LogP contribution < -0.4 is 4.74 Å². The third kappa shape index (κ3) is 3.05. The number of hydrogen-bond acceptors (Lipinski definition) is 3. The van der Waals surface area contributed by atoms with Crippen molar-refractivity contribution >= 4 is 5.97 Å². The van der Waals surface area contributed by atoms with Crippen molar-refractivity contribution < 1.29 is 14.6 Å². The molecule has 1 aromatic heterocycles. The SMILES string of the molecule is CC(C)(C)Oc1cc(C(=O)O)ccn1. The predicted octanol–water partition coefficient (Wildman–Crippen LogP) is 1.96. The number of carboxylic acids is 1. The van der Waals surface area contributed by atoms with Crippen molar-refractivity contribution in [2.75, 3.05) is 0 Å². The van der Waals surface area contributed by atoms with Crippen LogP contribution in [0.4, 0.5) is 0 Å². The van der Waals surface area contributed by atoms with Gasteiger partial charge in [0.2, 0.25) is 5.88 Å². The van der Waals surface area contributed by atoms with Crippen molar-refractivity contribution in [3.63, 3.8) is 0 Å². The second kappa shape index (κ2) is 3.65. The Morgan fingerprint density at radius 3 is 2.64 bits per heavy atom. The van der Waals surface area contributed by atoms with E-state index in [0.717, 1.165) is 0 Å². The van der Waals surface area contributed by atoms with Crippen LogP contribution in [0.25, 0.3) is 0 Å². The van der Waals surface area contributed by atoms with Gasteiger partial charge in [-0.2, -0.15) is 0 Å². The highest BCUT2D eigenvalue weighted by Crippen LogP contribution is 2.16. The van der Waals surface area contributed by atoms with Gasteiger partial charge in [-0.25, -0.2) is 9.78 Å². The van der Waals surface area contributed by atoms with Gasteiger partial charge in [0, 0.05) is 12.3 Å². The maximum atomic E-state index is 10.6. The Balaban J connectivity index is 2.89. The molecular weight excluding hydrogens is 182 g/mol. The molecule has 0 unspecified atom stereocenters. The summed E-state index contributed by atoms with van der Waals surface area (Å²) < 4.78 is 5.42. The smallest absolute Gasteiger partial charge is 0.335 e. The van der Waals surface area contributed by atoms with E-state index in [-0.39, 0.29) is 11.2 Å². The van der Waals surface area contributed by atoms with Crippen LogP contribution in [0.15, 0.2) is 18.3 Å². The molecule has 1 heterocycles. The fourth-order valence-corrected chi connectivity index (χ4v) is 0.912. The fourth-order valence-electron chi connectivity index (χ4n) is 0.912. The van der Waals surface area contributed by atoms with E-state index in [1.165, 1.54) is 18.3 Å². The van der Waals surface area contributed by atoms with Crippen molar-refractivity contribution in [1.82, 2.24) is 4.98 Å². The van der Waals surface area contributed by atoms with E-state index in [0.29, 0.717) is 5.88 Å². The molecule has 4 heteroatoms. The zero-order valence-electron chi connectivity index (χ0n) is 8.44. The lowest BCUT2D eigenvalue weighted by atomic mass is 10.2. The molecule has 1 N–H and O–H groups in total. The van der Waals surface area contributed by atoms with Crippen LogP contribution in [0.1, 0.15) is 31.1 Å².